The highest BCUT2D eigenvalue weighted by Crippen LogP contribution is 2.30. The van der Waals surface area contributed by atoms with Crippen LogP contribution in [0.15, 0.2) is 47.5 Å². The van der Waals surface area contributed by atoms with Gasteiger partial charge in [-0.3, -0.25) is 19.9 Å². The maximum Gasteiger partial charge on any atom is 0.241 e. The summed E-state index contributed by atoms with van der Waals surface area (Å²) in [6.45, 7) is 4.58. The number of ether oxygens (including phenoxy) is 1. The fraction of sp³-hybridized carbons (Fsp3) is 0.318. The van der Waals surface area contributed by atoms with Crippen molar-refractivity contribution in [2.75, 3.05) is 29.1 Å². The predicted molar refractivity (Wildman–Crippen MR) is 123 cm³/mol. The molecule has 168 valence electrons. The van der Waals surface area contributed by atoms with Gasteiger partial charge in [-0.15, -0.1) is 0 Å². The number of nitrogens with one attached hydrogen (secondary N) is 3. The first-order valence-corrected chi connectivity index (χ1v) is 11.3. The van der Waals surface area contributed by atoms with E-state index in [-0.39, 0.29) is 29.3 Å². The molecule has 2 aromatic carbocycles. The lowest BCUT2D eigenvalue weighted by atomic mass is 10.0. The minimum atomic E-state index is -0.391. The van der Waals surface area contributed by atoms with Gasteiger partial charge in [0.1, 0.15) is 17.7 Å². The molecule has 0 saturated carbocycles. The van der Waals surface area contributed by atoms with Crippen LogP contribution in [0, 0.1) is 18.7 Å². The van der Waals surface area contributed by atoms with Crippen molar-refractivity contribution in [1.82, 2.24) is 10.9 Å². The van der Waals surface area contributed by atoms with Crippen LogP contribution < -0.4 is 25.8 Å². The summed E-state index contributed by atoms with van der Waals surface area (Å²) in [6, 6.07) is 11.7. The predicted octanol–water partition coefficient (Wildman–Crippen LogP) is 2.66. The van der Waals surface area contributed by atoms with Crippen molar-refractivity contribution >= 4 is 40.1 Å². The van der Waals surface area contributed by atoms with Gasteiger partial charge >= 0.3 is 0 Å². The maximum absolute atomic E-state index is 13.7. The van der Waals surface area contributed by atoms with Gasteiger partial charge in [-0.1, -0.05) is 17.8 Å². The highest BCUT2D eigenvalue weighted by molar-refractivity contribution is 8.14. The third-order valence-electron chi connectivity index (χ3n) is 5.13. The zero-order valence-electron chi connectivity index (χ0n) is 17.7. The van der Waals surface area contributed by atoms with E-state index in [0.29, 0.717) is 41.0 Å². The summed E-state index contributed by atoms with van der Waals surface area (Å²) in [5.74, 6) is -0.422. The summed E-state index contributed by atoms with van der Waals surface area (Å²) >= 11 is 1.15. The SMILES string of the molecule is CCOc1ccc(N2C(=O)C3CNNC3N=C2SCC(=O)Nc2ccc(C)c(F)c2)cc1. The Labute approximate surface area is 189 Å². The molecule has 2 atom stereocenters. The molecule has 10 heteroatoms. The third kappa shape index (κ3) is 4.77. The molecule has 2 amide bonds. The van der Waals surface area contributed by atoms with Crippen LogP contribution in [0.3, 0.4) is 0 Å². The zero-order valence-corrected chi connectivity index (χ0v) is 18.5. The number of hydrogen-bond acceptors (Lipinski definition) is 7. The number of amidine groups is 1. The maximum atomic E-state index is 13.7. The molecular weight excluding hydrogens is 433 g/mol. The lowest BCUT2D eigenvalue weighted by Crippen LogP contribution is -2.49. The summed E-state index contributed by atoms with van der Waals surface area (Å²) in [5, 5.41) is 3.10. The Morgan fingerprint density at radius 2 is 2.09 bits per heavy atom. The fourth-order valence-electron chi connectivity index (χ4n) is 3.46. The van der Waals surface area contributed by atoms with Gasteiger partial charge in [0.15, 0.2) is 5.17 Å². The lowest BCUT2D eigenvalue weighted by molar-refractivity contribution is -0.121. The average Bonchev–Trinajstić information content (AvgIpc) is 3.25. The minimum Gasteiger partial charge on any atom is -0.494 e. The standard InChI is InChI=1S/C22H24FN5O3S/c1-3-31-16-8-6-15(7-9-16)28-21(30)17-11-24-27-20(17)26-22(28)32-12-19(29)25-14-5-4-13(2)18(23)10-14/h4-10,17,20,24,27H,3,11-12H2,1-2H3,(H,25,29). The second-order valence-electron chi connectivity index (χ2n) is 7.39. The number of carbonyl (C=O) groups is 2. The first kappa shape index (κ1) is 22.3. The Bertz CT molecular complexity index is 1050. The van der Waals surface area contributed by atoms with Crippen molar-refractivity contribution in [2.24, 2.45) is 10.9 Å². The van der Waals surface area contributed by atoms with Crippen molar-refractivity contribution in [2.45, 2.75) is 20.0 Å². The molecule has 0 aromatic heterocycles. The van der Waals surface area contributed by atoms with Crippen LogP contribution in [0.2, 0.25) is 0 Å². The van der Waals surface area contributed by atoms with Gasteiger partial charge < -0.3 is 10.1 Å². The Kier molecular flexibility index (Phi) is 6.73. The quantitative estimate of drug-likeness (QED) is 0.618. The van der Waals surface area contributed by atoms with Gasteiger partial charge in [0.05, 0.1) is 24.0 Å². The fourth-order valence-corrected chi connectivity index (χ4v) is 4.31. The molecular formula is C22H24FN5O3S. The van der Waals surface area contributed by atoms with Gasteiger partial charge in [-0.25, -0.2) is 14.8 Å². The van der Waals surface area contributed by atoms with Crippen LogP contribution in [0.4, 0.5) is 15.8 Å². The molecule has 0 aliphatic carbocycles. The number of aliphatic imine (C=N–C) groups is 1. The van der Waals surface area contributed by atoms with E-state index in [0.717, 1.165) is 11.8 Å². The third-order valence-corrected chi connectivity index (χ3v) is 6.08. The van der Waals surface area contributed by atoms with E-state index in [4.69, 9.17) is 4.74 Å². The van der Waals surface area contributed by atoms with Gasteiger partial charge in [-0.05, 0) is 55.8 Å². The molecule has 2 aliphatic heterocycles. The number of rotatable bonds is 6. The van der Waals surface area contributed by atoms with Crippen molar-refractivity contribution in [3.63, 3.8) is 0 Å². The van der Waals surface area contributed by atoms with Crippen LogP contribution >= 0.6 is 11.8 Å². The number of aryl methyl sites for hydroxylation is 1. The van der Waals surface area contributed by atoms with Crippen molar-refractivity contribution in [1.29, 1.82) is 0 Å². The number of carbonyl (C=O) groups excluding carboxylic acids is 2. The molecule has 1 saturated heterocycles. The summed E-state index contributed by atoms with van der Waals surface area (Å²) in [4.78, 5) is 31.9. The van der Waals surface area contributed by atoms with Gasteiger partial charge in [0.25, 0.3) is 0 Å². The van der Waals surface area contributed by atoms with Crippen molar-refractivity contribution in [3.05, 3.63) is 53.8 Å². The Morgan fingerprint density at radius 1 is 1.31 bits per heavy atom. The number of hydrogen-bond donors (Lipinski definition) is 3. The molecule has 8 nitrogen and oxygen atoms in total. The number of nitrogens with zero attached hydrogens (tertiary/aromatic N) is 2. The van der Waals surface area contributed by atoms with Crippen LogP contribution in [-0.2, 0) is 9.59 Å². The molecule has 32 heavy (non-hydrogen) atoms. The highest BCUT2D eigenvalue weighted by Gasteiger charge is 2.42. The normalized spacial score (nSPS) is 20.0. The van der Waals surface area contributed by atoms with Crippen LogP contribution in [0.1, 0.15) is 12.5 Å². The number of hydrazine groups is 1. The van der Waals surface area contributed by atoms with E-state index in [1.54, 1.807) is 43.3 Å². The van der Waals surface area contributed by atoms with Gasteiger partial charge in [0, 0.05) is 12.2 Å². The van der Waals surface area contributed by atoms with E-state index in [1.807, 2.05) is 6.92 Å². The van der Waals surface area contributed by atoms with Crippen molar-refractivity contribution in [3.8, 4) is 5.75 Å². The first-order valence-electron chi connectivity index (χ1n) is 10.3. The number of amides is 2. The van der Waals surface area contributed by atoms with E-state index in [1.165, 1.54) is 11.0 Å². The molecule has 0 radical (unpaired) electrons. The number of halogens is 1. The highest BCUT2D eigenvalue weighted by atomic mass is 32.2. The monoisotopic (exact) mass is 457 g/mol. The molecule has 2 aromatic rings. The molecule has 0 bridgehead atoms. The largest absolute Gasteiger partial charge is 0.494 e. The second-order valence-corrected chi connectivity index (χ2v) is 8.33. The molecule has 0 spiro atoms. The number of anilines is 2. The Morgan fingerprint density at radius 3 is 2.81 bits per heavy atom. The van der Waals surface area contributed by atoms with E-state index >= 15 is 0 Å². The average molecular weight is 458 g/mol. The van der Waals surface area contributed by atoms with Crippen LogP contribution in [-0.4, -0.2) is 42.1 Å². The zero-order chi connectivity index (χ0) is 22.7. The smallest absolute Gasteiger partial charge is 0.241 e. The first-order chi connectivity index (χ1) is 15.5. The lowest BCUT2D eigenvalue weighted by Gasteiger charge is -2.32. The second kappa shape index (κ2) is 9.68. The van der Waals surface area contributed by atoms with Gasteiger partial charge in [0.2, 0.25) is 11.8 Å². The van der Waals surface area contributed by atoms with Crippen LogP contribution in [0.25, 0.3) is 0 Å². The summed E-state index contributed by atoms with van der Waals surface area (Å²) in [5.41, 5.74) is 7.50. The molecule has 4 rings (SSSR count). The van der Waals surface area contributed by atoms with Crippen molar-refractivity contribution < 1.29 is 18.7 Å². The minimum absolute atomic E-state index is 0.0138. The number of fused-ring (bicyclic) bond motifs is 1. The van der Waals surface area contributed by atoms with Gasteiger partial charge in [-0.2, -0.15) is 0 Å². The molecule has 1 fully saturated rings. The van der Waals surface area contributed by atoms with E-state index in [2.05, 4.69) is 21.2 Å². The molecule has 2 aliphatic rings. The number of thioether (sulfide) groups is 1. The van der Waals surface area contributed by atoms with Crippen LogP contribution in [0.5, 0.6) is 5.75 Å². The molecule has 3 N–H and O–H groups in total. The Balaban J connectivity index is 1.50. The summed E-state index contributed by atoms with van der Waals surface area (Å²) in [7, 11) is 0. The van der Waals surface area contributed by atoms with E-state index < -0.39 is 6.17 Å². The molecule has 2 unspecified atom stereocenters. The number of benzene rings is 2. The Hall–Kier alpha value is -2.95. The topological polar surface area (TPSA) is 95.1 Å². The molecule has 2 heterocycles. The summed E-state index contributed by atoms with van der Waals surface area (Å²) < 4.78 is 19.2. The summed E-state index contributed by atoms with van der Waals surface area (Å²) in [6.07, 6.45) is -0.391. The van der Waals surface area contributed by atoms with E-state index in [9.17, 15) is 14.0 Å².